The van der Waals surface area contributed by atoms with Gasteiger partial charge in [0.05, 0.1) is 29.3 Å². The molecule has 0 saturated carbocycles. The van der Waals surface area contributed by atoms with Crippen LogP contribution in [0.4, 0.5) is 0 Å². The largest absolute Gasteiger partial charge is 0.370 e. The summed E-state index contributed by atoms with van der Waals surface area (Å²) in [6.45, 7) is 11.9. The van der Waals surface area contributed by atoms with E-state index in [9.17, 15) is 0 Å². The Morgan fingerprint density at radius 2 is 1.57 bits per heavy atom. The number of nitrogens with zero attached hydrogens (tertiary/aromatic N) is 4. The lowest BCUT2D eigenvalue weighted by molar-refractivity contribution is 0.630. The molecular weight excluding hydrogens is 348 g/mol. The highest BCUT2D eigenvalue weighted by Gasteiger charge is 2.35. The molecule has 4 aliphatic rings. The summed E-state index contributed by atoms with van der Waals surface area (Å²) in [7, 11) is 0. The maximum absolute atomic E-state index is 5.14. The third kappa shape index (κ3) is 2.70. The van der Waals surface area contributed by atoms with Gasteiger partial charge in [0.1, 0.15) is 17.2 Å². The molecule has 0 fully saturated rings. The minimum Gasteiger partial charge on any atom is -0.370 e. The fraction of sp³-hybridized carbons (Fsp3) is 0.455. The molecular formula is C22H26N6. The molecule has 6 nitrogen and oxygen atoms in total. The van der Waals surface area contributed by atoms with Crippen molar-refractivity contribution in [2.24, 2.45) is 20.0 Å². The van der Waals surface area contributed by atoms with Gasteiger partial charge in [-0.15, -0.1) is 0 Å². The predicted octanol–water partition coefficient (Wildman–Crippen LogP) is 1.28. The molecule has 0 aromatic heterocycles. The number of hydrogen-bond donors (Lipinski definition) is 2. The smallest absolute Gasteiger partial charge is 0.134 e. The number of rotatable bonds is 2. The third-order valence-corrected chi connectivity index (χ3v) is 5.67. The zero-order valence-electron chi connectivity index (χ0n) is 16.9. The molecule has 6 heteroatoms. The maximum Gasteiger partial charge on any atom is 0.134 e. The molecule has 0 bridgehead atoms. The minimum absolute atomic E-state index is 0.193. The van der Waals surface area contributed by atoms with E-state index in [1.165, 1.54) is 5.57 Å². The lowest BCUT2D eigenvalue weighted by Gasteiger charge is -2.29. The van der Waals surface area contributed by atoms with Crippen molar-refractivity contribution in [2.45, 2.75) is 38.8 Å². The van der Waals surface area contributed by atoms with Crippen molar-refractivity contribution in [2.75, 3.05) is 26.2 Å². The van der Waals surface area contributed by atoms with Crippen molar-refractivity contribution in [3.05, 3.63) is 46.1 Å². The molecule has 144 valence electrons. The summed E-state index contributed by atoms with van der Waals surface area (Å²) in [6, 6.07) is 4.37. The highest BCUT2D eigenvalue weighted by atomic mass is 15.1. The topological polar surface area (TPSA) is 73.5 Å². The summed E-state index contributed by atoms with van der Waals surface area (Å²) in [5.74, 6) is 1.88. The van der Waals surface area contributed by atoms with E-state index in [1.807, 2.05) is 0 Å². The molecule has 1 atom stereocenters. The van der Waals surface area contributed by atoms with Gasteiger partial charge in [0.15, 0.2) is 0 Å². The second kappa shape index (κ2) is 5.87. The van der Waals surface area contributed by atoms with E-state index >= 15 is 0 Å². The van der Waals surface area contributed by atoms with Gasteiger partial charge in [0.25, 0.3) is 0 Å². The molecule has 1 aromatic carbocycles. The van der Waals surface area contributed by atoms with Crippen LogP contribution in [0.25, 0.3) is 11.1 Å². The maximum atomic E-state index is 5.14. The molecule has 1 aromatic rings. The number of allylic oxidation sites excluding steroid dienone is 1. The standard InChI is InChI=1S/C22H26N6/c1-13-11-21(2,3)27-17-10-15-16(19-23-5-6-24-19)12-22(4,20-25-7-8-26-20)28-18(15)9-14(13)17/h9-12H,5-8H2,1-4H3,(H,23,24)(H,25,26). The average molecular weight is 374 g/mol. The Kier molecular flexibility index (Phi) is 3.63. The van der Waals surface area contributed by atoms with Crippen molar-refractivity contribution in [3.8, 4) is 0 Å². The van der Waals surface area contributed by atoms with Crippen LogP contribution in [-0.2, 0) is 0 Å². The molecule has 0 amide bonds. The highest BCUT2D eigenvalue weighted by molar-refractivity contribution is 6.24. The molecule has 4 heterocycles. The first-order valence-electron chi connectivity index (χ1n) is 9.99. The number of amidine groups is 2. The van der Waals surface area contributed by atoms with E-state index in [0.29, 0.717) is 0 Å². The van der Waals surface area contributed by atoms with Gasteiger partial charge in [-0.1, -0.05) is 6.08 Å². The van der Waals surface area contributed by atoms with E-state index < -0.39 is 5.54 Å². The van der Waals surface area contributed by atoms with Crippen molar-refractivity contribution in [1.82, 2.24) is 10.6 Å². The van der Waals surface area contributed by atoms with E-state index in [1.54, 1.807) is 0 Å². The number of fused-ring (bicyclic) bond motifs is 2. The van der Waals surface area contributed by atoms with Gasteiger partial charge in [0.2, 0.25) is 0 Å². The second-order valence-electron chi connectivity index (χ2n) is 8.61. The summed E-state index contributed by atoms with van der Waals surface area (Å²) in [5, 5.41) is 8.86. The second-order valence-corrected chi connectivity index (χ2v) is 8.61. The Morgan fingerprint density at radius 1 is 0.857 bits per heavy atom. The first kappa shape index (κ1) is 17.3. The van der Waals surface area contributed by atoms with Crippen LogP contribution in [0.5, 0.6) is 0 Å². The molecule has 0 saturated heterocycles. The molecule has 2 N–H and O–H groups in total. The Morgan fingerprint density at radius 3 is 2.29 bits per heavy atom. The van der Waals surface area contributed by atoms with Crippen LogP contribution in [-0.4, -0.2) is 48.9 Å². The SMILES string of the molecule is CC1=CC(C)(C)N=c2cc3c(cc21)=NC(C)(C1=NCCN1)C=C3C1=NCCN1. The molecule has 1 unspecified atom stereocenters. The van der Waals surface area contributed by atoms with Crippen LogP contribution in [0, 0.1) is 0 Å². The Hall–Kier alpha value is -2.76. The van der Waals surface area contributed by atoms with Gasteiger partial charge < -0.3 is 10.6 Å². The third-order valence-electron chi connectivity index (χ3n) is 5.67. The number of aliphatic imine (C=N–C) groups is 2. The predicted molar refractivity (Wildman–Crippen MR) is 113 cm³/mol. The van der Waals surface area contributed by atoms with E-state index in [-0.39, 0.29) is 5.54 Å². The molecule has 0 aliphatic carbocycles. The molecule has 4 aliphatic heterocycles. The molecule has 28 heavy (non-hydrogen) atoms. The van der Waals surface area contributed by atoms with Crippen molar-refractivity contribution >= 4 is 22.8 Å². The number of hydrogen-bond acceptors (Lipinski definition) is 6. The van der Waals surface area contributed by atoms with Crippen molar-refractivity contribution in [3.63, 3.8) is 0 Å². The highest BCUT2D eigenvalue weighted by Crippen LogP contribution is 2.28. The van der Waals surface area contributed by atoms with Crippen LogP contribution in [0.15, 0.2) is 44.3 Å². The van der Waals surface area contributed by atoms with Gasteiger partial charge in [-0.3, -0.25) is 20.0 Å². The normalized spacial score (nSPS) is 27.0. The van der Waals surface area contributed by atoms with Gasteiger partial charge in [0, 0.05) is 29.8 Å². The van der Waals surface area contributed by atoms with E-state index in [0.717, 1.165) is 65.3 Å². The summed E-state index contributed by atoms with van der Waals surface area (Å²) in [6.07, 6.45) is 4.43. The van der Waals surface area contributed by atoms with Gasteiger partial charge in [-0.25, -0.2) is 0 Å². The first-order valence-corrected chi connectivity index (χ1v) is 9.99. The van der Waals surface area contributed by atoms with Gasteiger partial charge >= 0.3 is 0 Å². The Labute approximate surface area is 165 Å². The van der Waals surface area contributed by atoms with Crippen molar-refractivity contribution in [1.29, 1.82) is 0 Å². The number of benzene rings is 1. The summed E-state index contributed by atoms with van der Waals surface area (Å²) < 4.78 is 0. The minimum atomic E-state index is -0.511. The van der Waals surface area contributed by atoms with Crippen LogP contribution < -0.4 is 21.3 Å². The van der Waals surface area contributed by atoms with E-state index in [2.05, 4.69) is 67.6 Å². The Bertz CT molecular complexity index is 1120. The summed E-state index contributed by atoms with van der Waals surface area (Å²) >= 11 is 0. The van der Waals surface area contributed by atoms with E-state index in [4.69, 9.17) is 15.0 Å². The fourth-order valence-electron chi connectivity index (χ4n) is 4.52. The quantitative estimate of drug-likeness (QED) is 0.818. The zero-order valence-corrected chi connectivity index (χ0v) is 16.9. The van der Waals surface area contributed by atoms with Gasteiger partial charge in [-0.2, -0.15) is 0 Å². The van der Waals surface area contributed by atoms with Crippen LogP contribution in [0.3, 0.4) is 0 Å². The molecule has 0 radical (unpaired) electrons. The first-order chi connectivity index (χ1) is 13.3. The fourth-order valence-corrected chi connectivity index (χ4v) is 4.52. The van der Waals surface area contributed by atoms with Crippen LogP contribution >= 0.6 is 0 Å². The van der Waals surface area contributed by atoms with Crippen LogP contribution in [0.2, 0.25) is 0 Å². The monoisotopic (exact) mass is 374 g/mol. The lowest BCUT2D eigenvalue weighted by atomic mass is 9.87. The zero-order chi connectivity index (χ0) is 19.5. The number of nitrogens with one attached hydrogen (secondary N) is 2. The summed E-state index contributed by atoms with van der Waals surface area (Å²) in [5.41, 5.74) is 3.90. The van der Waals surface area contributed by atoms with Crippen molar-refractivity contribution < 1.29 is 0 Å². The molecule has 5 rings (SSSR count). The molecule has 0 spiro atoms. The lowest BCUT2D eigenvalue weighted by Crippen LogP contribution is -2.44. The average Bonchev–Trinajstić information content (AvgIpc) is 3.33. The summed E-state index contributed by atoms with van der Waals surface area (Å²) in [4.78, 5) is 19.5. The van der Waals surface area contributed by atoms with Gasteiger partial charge in [-0.05, 0) is 51.5 Å². The van der Waals surface area contributed by atoms with Crippen LogP contribution in [0.1, 0.15) is 38.8 Å². The Balaban J connectivity index is 1.78.